The summed E-state index contributed by atoms with van der Waals surface area (Å²) in [5, 5.41) is 6.37. The van der Waals surface area contributed by atoms with E-state index < -0.39 is 29.0 Å². The molecule has 3 aliphatic rings. The Morgan fingerprint density at radius 3 is 2.28 bits per heavy atom. The second kappa shape index (κ2) is 14.9. The summed E-state index contributed by atoms with van der Waals surface area (Å²) in [6.45, 7) is 11.7. The third kappa shape index (κ3) is 9.25. The zero-order chi connectivity index (χ0) is 38.1. The SMILES string of the molecule is CC(C)(C)OC(=O)N1CCN(C(=O)C(C)(C)Oc2cccc(N3CCC[C@@H](C(=O)N(Cc4ccc(-c5cn[nH]c5)c(C(F)(F)F)c4)C4CC4)C3)c2)CC1. The minimum atomic E-state index is -4.57. The van der Waals surface area contributed by atoms with Crippen LogP contribution in [0.4, 0.5) is 23.7 Å². The molecule has 3 fully saturated rings. The Kier molecular flexibility index (Phi) is 10.7. The molecular weight excluding hydrogens is 689 g/mol. The molecule has 0 unspecified atom stereocenters. The van der Waals surface area contributed by atoms with E-state index in [-0.39, 0.29) is 35.9 Å². The van der Waals surface area contributed by atoms with E-state index in [4.69, 9.17) is 9.47 Å². The van der Waals surface area contributed by atoms with Crippen LogP contribution in [0.5, 0.6) is 5.75 Å². The largest absolute Gasteiger partial charge is 0.478 e. The Bertz CT molecular complexity index is 1780. The van der Waals surface area contributed by atoms with Crippen LogP contribution in [0.25, 0.3) is 11.1 Å². The highest BCUT2D eigenvalue weighted by Gasteiger charge is 2.40. The monoisotopic (exact) mass is 738 g/mol. The quantitative estimate of drug-likeness (QED) is 0.259. The number of alkyl halides is 3. The molecule has 0 spiro atoms. The van der Waals surface area contributed by atoms with Gasteiger partial charge in [-0.2, -0.15) is 18.3 Å². The smallest absolute Gasteiger partial charge is 0.417 e. The molecule has 286 valence electrons. The van der Waals surface area contributed by atoms with E-state index in [2.05, 4.69) is 15.1 Å². The first-order valence-corrected chi connectivity index (χ1v) is 18.3. The van der Waals surface area contributed by atoms with Gasteiger partial charge in [0.1, 0.15) is 11.4 Å². The summed E-state index contributed by atoms with van der Waals surface area (Å²) in [7, 11) is 0. The molecule has 14 heteroatoms. The van der Waals surface area contributed by atoms with Crippen LogP contribution >= 0.6 is 0 Å². The van der Waals surface area contributed by atoms with Gasteiger partial charge in [-0.05, 0) is 89.6 Å². The summed E-state index contributed by atoms with van der Waals surface area (Å²) in [6, 6.07) is 11.8. The maximum absolute atomic E-state index is 14.1. The first kappa shape index (κ1) is 38.0. The van der Waals surface area contributed by atoms with Gasteiger partial charge in [-0.3, -0.25) is 14.7 Å². The van der Waals surface area contributed by atoms with Gasteiger partial charge < -0.3 is 29.1 Å². The molecule has 6 rings (SSSR count). The lowest BCUT2D eigenvalue weighted by molar-refractivity contribution is -0.147. The van der Waals surface area contributed by atoms with Crippen LogP contribution < -0.4 is 9.64 Å². The van der Waals surface area contributed by atoms with E-state index in [9.17, 15) is 27.6 Å². The second-order valence-corrected chi connectivity index (χ2v) is 15.7. The number of anilines is 1. The standard InChI is InChI=1S/C39H49F3N6O5/c1-37(2,3)53-36(51)46-18-16-45(17-19-46)35(50)38(4,5)52-31-10-6-9-30(21-31)47-15-7-8-27(25-47)34(49)48(29-12-13-29)24-26-11-14-32(28-22-43-44-23-28)33(20-26)39(40,41)42/h6,9-11,14,20-23,27,29H,7-8,12-13,15-19,24-25H2,1-5H3,(H,43,44)/t27-/m1/s1. The summed E-state index contributed by atoms with van der Waals surface area (Å²) in [4.78, 5) is 47.3. The number of halogens is 3. The fourth-order valence-corrected chi connectivity index (χ4v) is 7.07. The lowest BCUT2D eigenvalue weighted by Gasteiger charge is -2.39. The number of piperidine rings is 1. The number of hydrogen-bond acceptors (Lipinski definition) is 7. The normalized spacial score (nSPS) is 18.5. The van der Waals surface area contributed by atoms with Crippen molar-refractivity contribution < 1.29 is 37.0 Å². The van der Waals surface area contributed by atoms with Crippen LogP contribution in [0.1, 0.15) is 71.4 Å². The van der Waals surface area contributed by atoms with Gasteiger partial charge in [0.05, 0.1) is 17.7 Å². The number of amides is 3. The fraction of sp³-hybridized carbons (Fsp3) is 0.538. The summed E-state index contributed by atoms with van der Waals surface area (Å²) in [5.41, 5.74) is -0.850. The molecule has 11 nitrogen and oxygen atoms in total. The summed E-state index contributed by atoms with van der Waals surface area (Å²) in [5.74, 6) is -0.0381. The summed E-state index contributed by atoms with van der Waals surface area (Å²) >= 11 is 0. The van der Waals surface area contributed by atoms with Gasteiger partial charge in [-0.25, -0.2) is 4.79 Å². The van der Waals surface area contributed by atoms with E-state index in [0.29, 0.717) is 56.0 Å². The predicted octanol–water partition coefficient (Wildman–Crippen LogP) is 6.74. The van der Waals surface area contributed by atoms with Crippen molar-refractivity contribution >= 4 is 23.6 Å². The Morgan fingerprint density at radius 2 is 1.64 bits per heavy atom. The van der Waals surface area contributed by atoms with Crippen molar-refractivity contribution in [2.75, 3.05) is 44.2 Å². The van der Waals surface area contributed by atoms with Crippen LogP contribution in [-0.4, -0.2) is 99.3 Å². The number of hydrogen-bond donors (Lipinski definition) is 1. The van der Waals surface area contributed by atoms with Crippen molar-refractivity contribution in [1.29, 1.82) is 0 Å². The first-order valence-electron chi connectivity index (χ1n) is 18.3. The number of nitrogens with zero attached hydrogens (tertiary/aromatic N) is 5. The summed E-state index contributed by atoms with van der Waals surface area (Å²) < 4.78 is 54.2. The van der Waals surface area contributed by atoms with E-state index in [1.165, 1.54) is 18.5 Å². The molecule has 1 aromatic heterocycles. The molecule has 1 aliphatic carbocycles. The van der Waals surface area contributed by atoms with Gasteiger partial charge in [0.15, 0.2) is 5.60 Å². The molecule has 0 bridgehead atoms. The molecule has 3 heterocycles. The van der Waals surface area contributed by atoms with Crippen LogP contribution in [0.3, 0.4) is 0 Å². The molecule has 1 saturated carbocycles. The molecule has 1 N–H and O–H groups in total. The third-order valence-corrected chi connectivity index (χ3v) is 9.88. The Morgan fingerprint density at radius 1 is 0.925 bits per heavy atom. The van der Waals surface area contributed by atoms with E-state index in [1.54, 1.807) is 40.7 Å². The Balaban J connectivity index is 1.09. The number of ether oxygens (including phenoxy) is 2. The lowest BCUT2D eigenvalue weighted by Crippen LogP contribution is -2.57. The predicted molar refractivity (Wildman–Crippen MR) is 193 cm³/mol. The highest BCUT2D eigenvalue weighted by molar-refractivity contribution is 5.85. The van der Waals surface area contributed by atoms with Gasteiger partial charge >= 0.3 is 12.3 Å². The average Bonchev–Trinajstić information content (AvgIpc) is 3.81. The molecule has 2 aliphatic heterocycles. The number of nitrogens with one attached hydrogen (secondary N) is 1. The van der Waals surface area contributed by atoms with Crippen LogP contribution in [0.15, 0.2) is 54.9 Å². The maximum atomic E-state index is 14.1. The topological polar surface area (TPSA) is 111 Å². The van der Waals surface area contributed by atoms with Gasteiger partial charge in [0.2, 0.25) is 5.91 Å². The average molecular weight is 739 g/mol. The number of piperazine rings is 1. The minimum Gasteiger partial charge on any atom is -0.478 e. The minimum absolute atomic E-state index is 0.0116. The third-order valence-electron chi connectivity index (χ3n) is 9.88. The zero-order valence-corrected chi connectivity index (χ0v) is 31.0. The summed E-state index contributed by atoms with van der Waals surface area (Å²) in [6.07, 6.45) is 0.946. The van der Waals surface area contributed by atoms with Gasteiger partial charge in [0.25, 0.3) is 5.91 Å². The number of benzene rings is 2. The lowest BCUT2D eigenvalue weighted by atomic mass is 9.95. The van der Waals surface area contributed by atoms with Crippen molar-refractivity contribution in [3.63, 3.8) is 0 Å². The number of rotatable bonds is 9. The number of aromatic nitrogens is 2. The number of carbonyl (C=O) groups excluding carboxylic acids is 3. The zero-order valence-electron chi connectivity index (χ0n) is 31.0. The first-order chi connectivity index (χ1) is 25.0. The van der Waals surface area contributed by atoms with Crippen molar-refractivity contribution in [2.24, 2.45) is 5.92 Å². The molecule has 0 radical (unpaired) electrons. The van der Waals surface area contributed by atoms with Crippen LogP contribution in [-0.2, 0) is 27.0 Å². The van der Waals surface area contributed by atoms with Crippen molar-refractivity contribution in [3.8, 4) is 16.9 Å². The molecule has 3 aromatic rings. The van der Waals surface area contributed by atoms with E-state index in [1.807, 2.05) is 39.0 Å². The molecular formula is C39H49F3N6O5. The highest BCUT2D eigenvalue weighted by atomic mass is 19.4. The van der Waals surface area contributed by atoms with Gasteiger partial charge in [-0.15, -0.1) is 0 Å². The maximum Gasteiger partial charge on any atom is 0.417 e. The van der Waals surface area contributed by atoms with Crippen molar-refractivity contribution in [1.82, 2.24) is 24.9 Å². The van der Waals surface area contributed by atoms with Crippen molar-refractivity contribution in [3.05, 3.63) is 66.0 Å². The Labute approximate surface area is 308 Å². The fourth-order valence-electron chi connectivity index (χ4n) is 7.07. The Hall–Kier alpha value is -4.75. The van der Waals surface area contributed by atoms with E-state index in [0.717, 1.165) is 37.6 Å². The van der Waals surface area contributed by atoms with Crippen molar-refractivity contribution in [2.45, 2.75) is 90.3 Å². The van der Waals surface area contributed by atoms with E-state index >= 15 is 0 Å². The van der Waals surface area contributed by atoms with Crippen LogP contribution in [0.2, 0.25) is 0 Å². The number of H-pyrrole nitrogens is 1. The highest BCUT2D eigenvalue weighted by Crippen LogP contribution is 2.39. The number of carbonyl (C=O) groups is 3. The molecule has 2 aromatic carbocycles. The number of aromatic amines is 1. The molecule has 53 heavy (non-hydrogen) atoms. The second-order valence-electron chi connectivity index (χ2n) is 15.7. The molecule has 1 atom stereocenters. The molecule has 2 saturated heterocycles. The van der Waals surface area contributed by atoms with Gasteiger partial charge in [0, 0.05) is 75.4 Å². The van der Waals surface area contributed by atoms with Crippen LogP contribution in [0, 0.1) is 5.92 Å². The molecule has 3 amide bonds. The van der Waals surface area contributed by atoms with Gasteiger partial charge in [-0.1, -0.05) is 18.2 Å².